The predicted molar refractivity (Wildman–Crippen MR) is 105 cm³/mol. The molecule has 134 valence electrons. The minimum atomic E-state index is 0.585. The van der Waals surface area contributed by atoms with Gasteiger partial charge in [-0.2, -0.15) is 0 Å². The topological polar surface area (TPSA) is 3.24 Å². The van der Waals surface area contributed by atoms with E-state index < -0.39 is 0 Å². The molecule has 1 aliphatic rings. The van der Waals surface area contributed by atoms with Gasteiger partial charge in [-0.15, -0.1) is 0 Å². The highest BCUT2D eigenvalue weighted by molar-refractivity contribution is 5.11. The molecule has 0 aromatic carbocycles. The van der Waals surface area contributed by atoms with Crippen molar-refractivity contribution in [3.05, 3.63) is 24.4 Å². The first kappa shape index (κ1) is 20.3. The van der Waals surface area contributed by atoms with Crippen molar-refractivity contribution in [1.29, 1.82) is 0 Å². The van der Waals surface area contributed by atoms with Crippen molar-refractivity contribution in [3.63, 3.8) is 0 Å². The number of rotatable bonds is 15. The molecule has 1 unspecified atom stereocenters. The first-order valence-electron chi connectivity index (χ1n) is 10.5. The molecule has 23 heavy (non-hydrogen) atoms. The minimum absolute atomic E-state index is 0.585. The van der Waals surface area contributed by atoms with Crippen LogP contribution in [0.5, 0.6) is 0 Å². The Morgan fingerprint density at radius 2 is 1.13 bits per heavy atom. The third-order valence-electron chi connectivity index (χ3n) is 5.07. The van der Waals surface area contributed by atoms with Gasteiger partial charge in [-0.1, -0.05) is 103 Å². The van der Waals surface area contributed by atoms with Crippen LogP contribution in [0.2, 0.25) is 0 Å². The van der Waals surface area contributed by atoms with Crippen molar-refractivity contribution in [1.82, 2.24) is 4.90 Å². The van der Waals surface area contributed by atoms with Crippen molar-refractivity contribution in [2.24, 2.45) is 0 Å². The van der Waals surface area contributed by atoms with Crippen molar-refractivity contribution < 1.29 is 0 Å². The van der Waals surface area contributed by atoms with E-state index in [2.05, 4.69) is 43.2 Å². The molecule has 1 heteroatoms. The van der Waals surface area contributed by atoms with Crippen molar-refractivity contribution >= 4 is 0 Å². The monoisotopic (exact) mass is 319 g/mol. The molecule has 0 saturated carbocycles. The molecule has 0 N–H and O–H groups in total. The predicted octanol–water partition coefficient (Wildman–Crippen LogP) is 7.24. The zero-order valence-electron chi connectivity index (χ0n) is 15.9. The highest BCUT2D eigenvalue weighted by atomic mass is 15.1. The quantitative estimate of drug-likeness (QED) is 0.287. The van der Waals surface area contributed by atoms with E-state index in [1.54, 1.807) is 0 Å². The molecule has 0 aliphatic carbocycles. The molecule has 1 heterocycles. The van der Waals surface area contributed by atoms with Gasteiger partial charge in [-0.25, -0.2) is 0 Å². The van der Waals surface area contributed by atoms with Crippen LogP contribution in [-0.2, 0) is 0 Å². The normalized spacial score (nSPS) is 17.1. The zero-order chi connectivity index (χ0) is 16.6. The van der Waals surface area contributed by atoms with Gasteiger partial charge >= 0.3 is 0 Å². The van der Waals surface area contributed by atoms with Gasteiger partial charge in [0, 0.05) is 12.6 Å². The molecule has 0 fully saturated rings. The summed E-state index contributed by atoms with van der Waals surface area (Å²) in [6, 6.07) is 0.585. The molecule has 1 aliphatic heterocycles. The first-order valence-corrected chi connectivity index (χ1v) is 10.5. The van der Waals surface area contributed by atoms with Crippen LogP contribution in [0, 0.1) is 0 Å². The van der Waals surface area contributed by atoms with Crippen LogP contribution in [0.15, 0.2) is 24.4 Å². The number of hydrogen-bond acceptors (Lipinski definition) is 1. The molecule has 0 aromatic rings. The molecule has 0 aromatic heterocycles. The van der Waals surface area contributed by atoms with E-state index in [1.807, 2.05) is 0 Å². The van der Waals surface area contributed by atoms with Crippen LogP contribution in [-0.4, -0.2) is 17.5 Å². The Morgan fingerprint density at radius 3 is 1.61 bits per heavy atom. The molecule has 0 amide bonds. The summed E-state index contributed by atoms with van der Waals surface area (Å²) in [5.74, 6) is 0. The summed E-state index contributed by atoms with van der Waals surface area (Å²) in [4.78, 5) is 2.46. The summed E-state index contributed by atoms with van der Waals surface area (Å²) in [5.41, 5.74) is 0. The van der Waals surface area contributed by atoms with Crippen LogP contribution >= 0.6 is 0 Å². The molecular weight excluding hydrogens is 278 g/mol. The third kappa shape index (κ3) is 11.5. The highest BCUT2D eigenvalue weighted by Gasteiger charge is 2.07. The second-order valence-corrected chi connectivity index (χ2v) is 7.30. The molecule has 0 bridgehead atoms. The lowest BCUT2D eigenvalue weighted by atomic mass is 10.0. The van der Waals surface area contributed by atoms with E-state index >= 15 is 0 Å². The molecule has 1 rings (SSSR count). The van der Waals surface area contributed by atoms with Gasteiger partial charge in [-0.3, -0.25) is 0 Å². The fraction of sp³-hybridized carbons (Fsp3) is 0.818. The van der Waals surface area contributed by atoms with Gasteiger partial charge in [0.1, 0.15) is 0 Å². The van der Waals surface area contributed by atoms with Gasteiger partial charge in [0.25, 0.3) is 0 Å². The lowest BCUT2D eigenvalue weighted by Crippen LogP contribution is -2.28. The summed E-state index contributed by atoms with van der Waals surface area (Å²) >= 11 is 0. The second kappa shape index (κ2) is 14.8. The summed E-state index contributed by atoms with van der Waals surface area (Å²) in [6.07, 6.45) is 29.0. The maximum Gasteiger partial charge on any atom is 0.0442 e. The average molecular weight is 320 g/mol. The van der Waals surface area contributed by atoms with E-state index in [9.17, 15) is 0 Å². The van der Waals surface area contributed by atoms with Crippen LogP contribution in [0.1, 0.15) is 104 Å². The second-order valence-electron chi connectivity index (χ2n) is 7.30. The smallest absolute Gasteiger partial charge is 0.0442 e. The molecule has 0 radical (unpaired) electrons. The maximum absolute atomic E-state index is 2.46. The van der Waals surface area contributed by atoms with E-state index in [4.69, 9.17) is 0 Å². The highest BCUT2D eigenvalue weighted by Crippen LogP contribution is 2.14. The maximum atomic E-state index is 2.46. The lowest BCUT2D eigenvalue weighted by molar-refractivity contribution is 0.322. The van der Waals surface area contributed by atoms with Crippen LogP contribution < -0.4 is 0 Å². The van der Waals surface area contributed by atoms with Crippen molar-refractivity contribution in [3.8, 4) is 0 Å². The summed E-state index contributed by atoms with van der Waals surface area (Å²) < 4.78 is 0. The van der Waals surface area contributed by atoms with E-state index in [-0.39, 0.29) is 0 Å². The largest absolute Gasteiger partial charge is 0.371 e. The molecule has 1 atom stereocenters. The van der Waals surface area contributed by atoms with Gasteiger partial charge < -0.3 is 4.90 Å². The Labute approximate surface area is 146 Å². The van der Waals surface area contributed by atoms with Gasteiger partial charge in [-0.05, 0) is 25.6 Å². The van der Waals surface area contributed by atoms with E-state index in [1.165, 1.54) is 96.4 Å². The number of unbranched alkanes of at least 4 members (excludes halogenated alkanes) is 13. The Kier molecular flexibility index (Phi) is 13.1. The average Bonchev–Trinajstić information content (AvgIpc) is 2.57. The van der Waals surface area contributed by atoms with Gasteiger partial charge in [0.2, 0.25) is 0 Å². The van der Waals surface area contributed by atoms with Crippen LogP contribution in [0.3, 0.4) is 0 Å². The Morgan fingerprint density at radius 1 is 0.652 bits per heavy atom. The standard InChI is InChI=1S/C22H41N/c1-3-4-5-6-7-8-9-10-11-12-13-14-15-17-20-23-21-18-16-19-22(23)2/h16,18-19,21-22H,3-15,17,20H2,1-2H3. The minimum Gasteiger partial charge on any atom is -0.371 e. The molecular formula is C22H41N. The Balaban J connectivity index is 1.75. The van der Waals surface area contributed by atoms with E-state index in [0.29, 0.717) is 6.04 Å². The summed E-state index contributed by atoms with van der Waals surface area (Å²) in [7, 11) is 0. The fourth-order valence-corrected chi connectivity index (χ4v) is 3.40. The van der Waals surface area contributed by atoms with E-state index in [0.717, 1.165) is 0 Å². The zero-order valence-corrected chi connectivity index (χ0v) is 15.9. The number of nitrogens with zero attached hydrogens (tertiary/aromatic N) is 1. The van der Waals surface area contributed by atoms with Crippen LogP contribution in [0.4, 0.5) is 0 Å². The third-order valence-corrected chi connectivity index (χ3v) is 5.07. The first-order chi connectivity index (χ1) is 11.3. The van der Waals surface area contributed by atoms with Crippen molar-refractivity contribution in [2.45, 2.75) is 110 Å². The van der Waals surface area contributed by atoms with Crippen molar-refractivity contribution in [2.75, 3.05) is 6.54 Å². The molecule has 0 spiro atoms. The van der Waals surface area contributed by atoms with Gasteiger partial charge in [0.05, 0.1) is 0 Å². The SMILES string of the molecule is CCCCCCCCCCCCCCCCN1C=CC=CC1C. The van der Waals surface area contributed by atoms with Crippen LogP contribution in [0.25, 0.3) is 0 Å². The summed E-state index contributed by atoms with van der Waals surface area (Å²) in [5, 5.41) is 0. The molecule has 0 saturated heterocycles. The Bertz CT molecular complexity index is 305. The number of allylic oxidation sites excluding steroid dienone is 2. The molecule has 1 nitrogen and oxygen atoms in total. The lowest BCUT2D eigenvalue weighted by Gasteiger charge is -2.27. The Hall–Kier alpha value is -0.720. The number of hydrogen-bond donors (Lipinski definition) is 0. The fourth-order valence-electron chi connectivity index (χ4n) is 3.40. The summed E-state index contributed by atoms with van der Waals surface area (Å²) in [6.45, 7) is 5.80. The van der Waals surface area contributed by atoms with Gasteiger partial charge in [0.15, 0.2) is 0 Å².